The maximum atomic E-state index is 12.0. The Balaban J connectivity index is 1.90. The van der Waals surface area contributed by atoms with Gasteiger partial charge in [-0.05, 0) is 30.4 Å². The summed E-state index contributed by atoms with van der Waals surface area (Å²) in [5.41, 5.74) is 1.26. The smallest absolute Gasteiger partial charge is 0.230 e. The molecule has 7 nitrogen and oxygen atoms in total. The molecule has 24 heavy (non-hydrogen) atoms. The molecule has 1 aromatic carbocycles. The molecule has 1 amide bonds. The lowest BCUT2D eigenvalue weighted by atomic mass is 10.3. The molecule has 2 heterocycles. The Morgan fingerprint density at radius 1 is 1.54 bits per heavy atom. The summed E-state index contributed by atoms with van der Waals surface area (Å²) < 4.78 is 1.79. The van der Waals surface area contributed by atoms with Crippen molar-refractivity contribution in [2.45, 2.75) is 6.92 Å². The Bertz CT molecular complexity index is 960. The highest BCUT2D eigenvalue weighted by Crippen LogP contribution is 2.30. The summed E-state index contributed by atoms with van der Waals surface area (Å²) in [6.07, 6.45) is 3.00. The molecular weight excluding hydrogens is 368 g/mol. The van der Waals surface area contributed by atoms with E-state index in [4.69, 9.17) is 23.8 Å². The molecule has 0 atom stereocenters. The van der Waals surface area contributed by atoms with Crippen LogP contribution in [0.15, 0.2) is 41.1 Å². The zero-order valence-electron chi connectivity index (χ0n) is 12.4. The van der Waals surface area contributed by atoms with Crippen LogP contribution in [-0.2, 0) is 4.79 Å². The molecule has 0 bridgehead atoms. The van der Waals surface area contributed by atoms with Gasteiger partial charge in [0.25, 0.3) is 0 Å². The summed E-state index contributed by atoms with van der Waals surface area (Å²) in [6.45, 7) is 1.47. The minimum atomic E-state index is -0.160. The van der Waals surface area contributed by atoms with Crippen LogP contribution in [0.2, 0.25) is 5.02 Å². The fraction of sp³-hybridized carbons (Fsp3) is 0.0714. The van der Waals surface area contributed by atoms with E-state index in [0.29, 0.717) is 26.3 Å². The molecule has 0 radical (unpaired) electrons. The Kier molecular flexibility index (Phi) is 4.84. The number of thiazole rings is 1. The first-order valence-electron chi connectivity index (χ1n) is 6.73. The molecule has 10 heteroatoms. The highest BCUT2D eigenvalue weighted by molar-refractivity contribution is 7.71. The largest absolute Gasteiger partial charge is 0.274 e. The average Bonchev–Trinajstić information content (AvgIpc) is 3.14. The fourth-order valence-corrected chi connectivity index (χ4v) is 3.10. The third kappa shape index (κ3) is 3.58. The molecule has 0 aliphatic heterocycles. The van der Waals surface area contributed by atoms with Crippen molar-refractivity contribution in [3.05, 3.63) is 51.5 Å². The van der Waals surface area contributed by atoms with Crippen molar-refractivity contribution < 1.29 is 4.79 Å². The Morgan fingerprint density at radius 3 is 3.04 bits per heavy atom. The van der Waals surface area contributed by atoms with Crippen LogP contribution in [0.25, 0.3) is 0 Å². The van der Waals surface area contributed by atoms with E-state index >= 15 is 0 Å². The summed E-state index contributed by atoms with van der Waals surface area (Å²) >= 11 is 12.3. The van der Waals surface area contributed by atoms with E-state index in [1.807, 2.05) is 0 Å². The molecule has 0 saturated carbocycles. The zero-order valence-corrected chi connectivity index (χ0v) is 14.8. The summed E-state index contributed by atoms with van der Waals surface area (Å²) in [6, 6.07) is 7.04. The maximum absolute atomic E-state index is 12.0. The van der Waals surface area contributed by atoms with E-state index in [-0.39, 0.29) is 5.91 Å². The van der Waals surface area contributed by atoms with Crippen LogP contribution in [-0.4, -0.2) is 32.0 Å². The maximum Gasteiger partial charge on any atom is 0.230 e. The lowest BCUT2D eigenvalue weighted by Gasteiger charge is -2.17. The number of H-pyrrole nitrogens is 1. The number of carbonyl (C=O) groups is 1. The van der Waals surface area contributed by atoms with Crippen LogP contribution in [0.3, 0.4) is 0 Å². The first kappa shape index (κ1) is 16.5. The molecule has 2 aromatic heterocycles. The van der Waals surface area contributed by atoms with Crippen molar-refractivity contribution in [3.63, 3.8) is 0 Å². The average molecular weight is 379 g/mol. The predicted octanol–water partition coefficient (Wildman–Crippen LogP) is 3.62. The molecule has 0 aliphatic rings. The number of halogens is 1. The van der Waals surface area contributed by atoms with E-state index in [2.05, 4.69) is 20.3 Å². The van der Waals surface area contributed by atoms with Gasteiger partial charge in [-0.3, -0.25) is 14.8 Å². The van der Waals surface area contributed by atoms with Crippen molar-refractivity contribution in [2.75, 3.05) is 4.90 Å². The van der Waals surface area contributed by atoms with Gasteiger partial charge in [0.15, 0.2) is 5.13 Å². The molecule has 3 rings (SSSR count). The number of nitrogens with one attached hydrogen (secondary N) is 1. The van der Waals surface area contributed by atoms with Gasteiger partial charge in [0.05, 0.1) is 17.6 Å². The topological polar surface area (TPSA) is 79.2 Å². The zero-order chi connectivity index (χ0) is 17.1. The quantitative estimate of drug-likeness (QED) is 0.555. The highest BCUT2D eigenvalue weighted by Gasteiger charge is 2.17. The summed E-state index contributed by atoms with van der Waals surface area (Å²) in [5.74, 6) is -0.160. The summed E-state index contributed by atoms with van der Waals surface area (Å²) in [5, 5.41) is 13.4. The second kappa shape index (κ2) is 7.04. The molecule has 0 unspecified atom stereocenters. The molecule has 1 N–H and O–H groups in total. The van der Waals surface area contributed by atoms with Crippen molar-refractivity contribution >= 4 is 58.1 Å². The van der Waals surface area contributed by atoms with Crippen LogP contribution in [0.4, 0.5) is 10.8 Å². The van der Waals surface area contributed by atoms with Crippen molar-refractivity contribution in [3.8, 4) is 0 Å². The minimum Gasteiger partial charge on any atom is -0.274 e. The van der Waals surface area contributed by atoms with Gasteiger partial charge in [0.1, 0.15) is 6.33 Å². The highest BCUT2D eigenvalue weighted by atomic mass is 35.5. The second-order valence-corrected chi connectivity index (χ2v) is 6.30. The summed E-state index contributed by atoms with van der Waals surface area (Å²) in [4.78, 5) is 18.0. The van der Waals surface area contributed by atoms with Gasteiger partial charge in [0.2, 0.25) is 10.7 Å². The molecule has 0 spiro atoms. The van der Waals surface area contributed by atoms with E-state index in [9.17, 15) is 4.79 Å². The first-order valence-corrected chi connectivity index (χ1v) is 8.39. The van der Waals surface area contributed by atoms with Crippen LogP contribution in [0.1, 0.15) is 12.6 Å². The molecule has 0 aliphatic carbocycles. The van der Waals surface area contributed by atoms with Crippen LogP contribution in [0.5, 0.6) is 0 Å². The predicted molar refractivity (Wildman–Crippen MR) is 96.8 cm³/mol. The fourth-order valence-electron chi connectivity index (χ4n) is 1.93. The van der Waals surface area contributed by atoms with Gasteiger partial charge >= 0.3 is 0 Å². The van der Waals surface area contributed by atoms with Gasteiger partial charge in [-0.25, -0.2) is 4.98 Å². The van der Waals surface area contributed by atoms with Crippen molar-refractivity contribution in [1.29, 1.82) is 0 Å². The normalized spacial score (nSPS) is 11.1. The van der Waals surface area contributed by atoms with E-state index < -0.39 is 0 Å². The third-order valence-corrected chi connectivity index (χ3v) is 4.29. The molecule has 122 valence electrons. The second-order valence-electron chi connectivity index (χ2n) is 4.64. The lowest BCUT2D eigenvalue weighted by Crippen LogP contribution is -2.22. The standard InChI is InChI=1S/C14H11ClN6OS2/c1-9(22)21(12-4-2-3-10(15)5-12)14-18-11(7-24-14)6-17-20-8-16-19-13(20)23/h2-8H,1H3,(H,19,23)/b17-6-. The number of hydrogen-bond donors (Lipinski definition) is 1. The first-order chi connectivity index (χ1) is 11.5. The van der Waals surface area contributed by atoms with Crippen LogP contribution in [0, 0.1) is 4.77 Å². The monoisotopic (exact) mass is 378 g/mol. The number of aromatic nitrogens is 4. The molecule has 0 fully saturated rings. The number of rotatable bonds is 4. The number of aromatic amines is 1. The number of anilines is 2. The van der Waals surface area contributed by atoms with Crippen LogP contribution >= 0.6 is 35.2 Å². The van der Waals surface area contributed by atoms with Gasteiger partial charge in [-0.1, -0.05) is 17.7 Å². The SMILES string of the molecule is CC(=O)N(c1cccc(Cl)c1)c1nc(/C=N\n2cn[nH]c2=S)cs1. The molecule has 0 saturated heterocycles. The Labute approximate surface area is 151 Å². The van der Waals surface area contributed by atoms with E-state index in [0.717, 1.165) is 0 Å². The van der Waals surface area contributed by atoms with Gasteiger partial charge in [-0.2, -0.15) is 14.9 Å². The summed E-state index contributed by atoms with van der Waals surface area (Å²) in [7, 11) is 0. The Hall–Kier alpha value is -2.36. The van der Waals surface area contributed by atoms with E-state index in [1.54, 1.807) is 35.9 Å². The van der Waals surface area contributed by atoms with Crippen molar-refractivity contribution in [1.82, 2.24) is 19.9 Å². The third-order valence-electron chi connectivity index (χ3n) is 2.93. The lowest BCUT2D eigenvalue weighted by molar-refractivity contribution is -0.115. The molecular formula is C14H11ClN6OS2. The van der Waals surface area contributed by atoms with Crippen molar-refractivity contribution in [2.24, 2.45) is 5.10 Å². The van der Waals surface area contributed by atoms with Gasteiger partial charge in [0, 0.05) is 17.3 Å². The number of amides is 1. The number of nitrogens with zero attached hydrogens (tertiary/aromatic N) is 5. The van der Waals surface area contributed by atoms with E-state index in [1.165, 1.54) is 34.2 Å². The molecule has 3 aromatic rings. The van der Waals surface area contributed by atoms with Crippen LogP contribution < -0.4 is 4.90 Å². The number of hydrogen-bond acceptors (Lipinski definition) is 6. The Morgan fingerprint density at radius 2 is 2.38 bits per heavy atom. The van der Waals surface area contributed by atoms with Gasteiger partial charge in [-0.15, -0.1) is 11.3 Å². The number of carbonyl (C=O) groups excluding carboxylic acids is 1. The minimum absolute atomic E-state index is 0.160. The van der Waals surface area contributed by atoms with Gasteiger partial charge < -0.3 is 0 Å². The number of benzene rings is 1.